The van der Waals surface area contributed by atoms with E-state index in [9.17, 15) is 4.79 Å². The quantitative estimate of drug-likeness (QED) is 0.853. The molecule has 134 valence electrons. The van der Waals surface area contributed by atoms with Crippen LogP contribution in [0, 0.1) is 0 Å². The highest BCUT2D eigenvalue weighted by molar-refractivity contribution is 5.92. The summed E-state index contributed by atoms with van der Waals surface area (Å²) in [7, 11) is 0. The first-order valence-corrected chi connectivity index (χ1v) is 9.41. The largest absolute Gasteiger partial charge is 0.339 e. The van der Waals surface area contributed by atoms with E-state index in [0.717, 1.165) is 44.5 Å². The van der Waals surface area contributed by atoms with Crippen molar-refractivity contribution in [3.8, 4) is 0 Å². The molecule has 0 spiro atoms. The lowest BCUT2D eigenvalue weighted by Gasteiger charge is -2.30. The number of carbonyl (C=O) groups excluding carboxylic acids is 1. The zero-order chi connectivity index (χ0) is 17.2. The molecule has 0 N–H and O–H groups in total. The van der Waals surface area contributed by atoms with Crippen LogP contribution in [0.1, 0.15) is 79.6 Å². The van der Waals surface area contributed by atoms with Crippen LogP contribution in [0.2, 0.25) is 0 Å². The molecule has 1 saturated carbocycles. The van der Waals surface area contributed by atoms with Crippen LogP contribution in [0.3, 0.4) is 0 Å². The van der Waals surface area contributed by atoms with Gasteiger partial charge in [-0.3, -0.25) is 9.48 Å². The molecule has 7 heteroatoms. The predicted octanol–water partition coefficient (Wildman–Crippen LogP) is 2.96. The molecule has 0 aromatic carbocycles. The van der Waals surface area contributed by atoms with Gasteiger partial charge < -0.3 is 9.42 Å². The number of aryl methyl sites for hydroxylation is 1. The van der Waals surface area contributed by atoms with Gasteiger partial charge in [-0.15, -0.1) is 0 Å². The third kappa shape index (κ3) is 3.32. The summed E-state index contributed by atoms with van der Waals surface area (Å²) in [4.78, 5) is 19.2. The second kappa shape index (κ2) is 6.98. The molecule has 1 atom stereocenters. The maximum absolute atomic E-state index is 12.8. The van der Waals surface area contributed by atoms with E-state index in [1.807, 2.05) is 28.8 Å². The normalized spacial score (nSPS) is 21.8. The van der Waals surface area contributed by atoms with E-state index in [1.54, 1.807) is 0 Å². The monoisotopic (exact) mass is 343 g/mol. The number of rotatable bonds is 4. The van der Waals surface area contributed by atoms with E-state index in [-0.39, 0.29) is 11.8 Å². The second-order valence-electron chi connectivity index (χ2n) is 7.11. The predicted molar refractivity (Wildman–Crippen MR) is 91.3 cm³/mol. The van der Waals surface area contributed by atoms with Crippen LogP contribution in [0.15, 0.2) is 16.8 Å². The first kappa shape index (κ1) is 16.3. The average Bonchev–Trinajstić information content (AvgIpc) is 3.41. The molecule has 0 bridgehead atoms. The molecule has 2 aromatic rings. The van der Waals surface area contributed by atoms with Crippen molar-refractivity contribution in [2.24, 2.45) is 0 Å². The molecule has 1 aliphatic heterocycles. The van der Waals surface area contributed by atoms with E-state index in [4.69, 9.17) is 4.52 Å². The Morgan fingerprint density at radius 2 is 2.12 bits per heavy atom. The fraction of sp³-hybridized carbons (Fsp3) is 0.667. The molecule has 7 nitrogen and oxygen atoms in total. The van der Waals surface area contributed by atoms with E-state index in [2.05, 4.69) is 15.2 Å². The Balaban J connectivity index is 1.44. The molecule has 0 radical (unpaired) electrons. The fourth-order valence-electron chi connectivity index (χ4n) is 3.93. The molecule has 25 heavy (non-hydrogen) atoms. The summed E-state index contributed by atoms with van der Waals surface area (Å²) in [5.74, 6) is 1.53. The molecular weight excluding hydrogens is 318 g/mol. The summed E-state index contributed by atoms with van der Waals surface area (Å²) in [6, 6.07) is 2.31. The molecule has 1 aliphatic carbocycles. The highest BCUT2D eigenvalue weighted by Gasteiger charge is 2.30. The van der Waals surface area contributed by atoms with Crippen molar-refractivity contribution >= 4 is 5.91 Å². The van der Waals surface area contributed by atoms with Crippen LogP contribution >= 0.6 is 0 Å². The Kier molecular flexibility index (Phi) is 4.55. The topological polar surface area (TPSA) is 77.0 Å². The SMILES string of the molecule is CCc1noc([C@H]2CCCN(C(=O)c3ccn(C4CCCC4)n3)C2)n1. The summed E-state index contributed by atoms with van der Waals surface area (Å²) < 4.78 is 7.36. The van der Waals surface area contributed by atoms with Crippen LogP contribution in [-0.2, 0) is 6.42 Å². The Hall–Kier alpha value is -2.18. The van der Waals surface area contributed by atoms with E-state index in [0.29, 0.717) is 24.2 Å². The zero-order valence-corrected chi connectivity index (χ0v) is 14.7. The highest BCUT2D eigenvalue weighted by atomic mass is 16.5. The summed E-state index contributed by atoms with van der Waals surface area (Å²) in [5.41, 5.74) is 0.548. The van der Waals surface area contributed by atoms with Gasteiger partial charge in [0, 0.05) is 25.7 Å². The van der Waals surface area contributed by atoms with Crippen LogP contribution < -0.4 is 0 Å². The van der Waals surface area contributed by atoms with E-state index < -0.39 is 0 Å². The van der Waals surface area contributed by atoms with Crippen LogP contribution in [-0.4, -0.2) is 43.8 Å². The summed E-state index contributed by atoms with van der Waals surface area (Å²) in [6.45, 7) is 3.40. The van der Waals surface area contributed by atoms with Gasteiger partial charge in [0.15, 0.2) is 5.82 Å². The Bertz CT molecular complexity index is 731. The van der Waals surface area contributed by atoms with Crippen molar-refractivity contribution in [1.29, 1.82) is 0 Å². The number of aromatic nitrogens is 4. The summed E-state index contributed by atoms with van der Waals surface area (Å²) in [6.07, 6.45) is 9.48. The Morgan fingerprint density at radius 3 is 2.88 bits per heavy atom. The van der Waals surface area contributed by atoms with Gasteiger partial charge in [-0.25, -0.2) is 0 Å². The van der Waals surface area contributed by atoms with Gasteiger partial charge in [0.25, 0.3) is 5.91 Å². The minimum absolute atomic E-state index is 0.0108. The maximum Gasteiger partial charge on any atom is 0.274 e. The first-order chi connectivity index (χ1) is 12.2. The highest BCUT2D eigenvalue weighted by Crippen LogP contribution is 2.29. The van der Waals surface area contributed by atoms with Crippen molar-refractivity contribution in [1.82, 2.24) is 24.8 Å². The minimum Gasteiger partial charge on any atom is -0.339 e. The molecule has 1 saturated heterocycles. The van der Waals surface area contributed by atoms with Crippen molar-refractivity contribution in [3.05, 3.63) is 29.7 Å². The van der Waals surface area contributed by atoms with Gasteiger partial charge in [0.05, 0.1) is 12.0 Å². The lowest BCUT2D eigenvalue weighted by atomic mass is 9.97. The van der Waals surface area contributed by atoms with E-state index >= 15 is 0 Å². The molecule has 2 aromatic heterocycles. The molecule has 3 heterocycles. The molecule has 4 rings (SSSR count). The van der Waals surface area contributed by atoms with Gasteiger partial charge in [0.1, 0.15) is 5.69 Å². The number of hydrogen-bond donors (Lipinski definition) is 0. The number of hydrogen-bond acceptors (Lipinski definition) is 5. The maximum atomic E-state index is 12.8. The molecule has 2 aliphatic rings. The van der Waals surface area contributed by atoms with Crippen LogP contribution in [0.25, 0.3) is 0 Å². The van der Waals surface area contributed by atoms with Gasteiger partial charge in [-0.05, 0) is 31.7 Å². The van der Waals surface area contributed by atoms with Crippen molar-refractivity contribution in [3.63, 3.8) is 0 Å². The van der Waals surface area contributed by atoms with Crippen LogP contribution in [0.5, 0.6) is 0 Å². The first-order valence-electron chi connectivity index (χ1n) is 9.41. The smallest absolute Gasteiger partial charge is 0.274 e. The van der Waals surface area contributed by atoms with E-state index in [1.165, 1.54) is 12.8 Å². The molecule has 1 amide bonds. The lowest BCUT2D eigenvalue weighted by Crippen LogP contribution is -2.39. The van der Waals surface area contributed by atoms with Gasteiger partial charge in [-0.2, -0.15) is 10.1 Å². The summed E-state index contributed by atoms with van der Waals surface area (Å²) in [5, 5.41) is 8.54. The Labute approximate surface area is 147 Å². The molecule has 0 unspecified atom stereocenters. The van der Waals surface area contributed by atoms with Crippen molar-refractivity contribution < 1.29 is 9.32 Å². The number of piperidine rings is 1. The number of nitrogens with zero attached hydrogens (tertiary/aromatic N) is 5. The summed E-state index contributed by atoms with van der Waals surface area (Å²) >= 11 is 0. The van der Waals surface area contributed by atoms with Gasteiger partial charge in [0.2, 0.25) is 5.89 Å². The van der Waals surface area contributed by atoms with Crippen molar-refractivity contribution in [2.75, 3.05) is 13.1 Å². The number of likely N-dealkylation sites (tertiary alicyclic amines) is 1. The average molecular weight is 343 g/mol. The minimum atomic E-state index is 0.0108. The third-order valence-corrected chi connectivity index (χ3v) is 5.38. The zero-order valence-electron chi connectivity index (χ0n) is 14.7. The standard InChI is InChI=1S/C18H25N5O2/c1-2-16-19-17(25-21-16)13-6-5-10-22(12-13)18(24)15-9-11-23(20-15)14-7-3-4-8-14/h9,11,13-14H,2-8,10,12H2,1H3/t13-/m0/s1. The number of amides is 1. The molecular formula is C18H25N5O2. The number of carbonyl (C=O) groups is 1. The fourth-order valence-corrected chi connectivity index (χ4v) is 3.93. The van der Waals surface area contributed by atoms with Crippen molar-refractivity contribution in [2.45, 2.75) is 63.8 Å². The molecule has 2 fully saturated rings. The second-order valence-corrected chi connectivity index (χ2v) is 7.11. The third-order valence-electron chi connectivity index (χ3n) is 5.38. The van der Waals surface area contributed by atoms with Gasteiger partial charge >= 0.3 is 0 Å². The van der Waals surface area contributed by atoms with Gasteiger partial charge in [-0.1, -0.05) is 24.9 Å². The lowest BCUT2D eigenvalue weighted by molar-refractivity contribution is 0.0688. The Morgan fingerprint density at radius 1 is 1.28 bits per heavy atom. The van der Waals surface area contributed by atoms with Crippen LogP contribution in [0.4, 0.5) is 0 Å².